The Morgan fingerprint density at radius 3 is 2.94 bits per heavy atom. The number of aliphatic hydroxyl groups is 1. The molecule has 1 amide bonds. The minimum absolute atomic E-state index is 0.0416. The van der Waals surface area contributed by atoms with Crippen LogP contribution in [0.3, 0.4) is 0 Å². The van der Waals surface area contributed by atoms with Gasteiger partial charge in [-0.15, -0.1) is 5.10 Å². The lowest BCUT2D eigenvalue weighted by Gasteiger charge is -2.31. The molecule has 1 fully saturated rings. The highest BCUT2D eigenvalue weighted by molar-refractivity contribution is 5.75. The zero-order valence-corrected chi connectivity index (χ0v) is 10.6. The molecule has 1 aromatic heterocycles. The average Bonchev–Trinajstić information content (AvgIpc) is 2.84. The zero-order chi connectivity index (χ0) is 13.0. The number of aromatic nitrogens is 4. The second kappa shape index (κ2) is 5.90. The van der Waals surface area contributed by atoms with Gasteiger partial charge in [-0.3, -0.25) is 4.79 Å². The fourth-order valence-corrected chi connectivity index (χ4v) is 2.37. The maximum absolute atomic E-state index is 11.9. The van der Waals surface area contributed by atoms with E-state index in [1.54, 1.807) is 11.9 Å². The Labute approximate surface area is 106 Å². The lowest BCUT2D eigenvalue weighted by Crippen LogP contribution is -2.39. The Hall–Kier alpha value is -1.50. The molecule has 1 aliphatic rings. The van der Waals surface area contributed by atoms with Crippen molar-refractivity contribution >= 4 is 5.91 Å². The molecule has 1 N–H and O–H groups in total. The van der Waals surface area contributed by atoms with Crippen LogP contribution in [-0.2, 0) is 11.3 Å². The van der Waals surface area contributed by atoms with Crippen LogP contribution < -0.4 is 0 Å². The van der Waals surface area contributed by atoms with E-state index >= 15 is 0 Å². The molecular weight excluding hydrogens is 234 g/mol. The third kappa shape index (κ3) is 3.25. The first kappa shape index (κ1) is 12.9. The summed E-state index contributed by atoms with van der Waals surface area (Å²) in [4.78, 5) is 13.6. The molecule has 7 nitrogen and oxygen atoms in total. The van der Waals surface area contributed by atoms with Crippen LogP contribution in [0.1, 0.15) is 25.7 Å². The molecule has 7 heteroatoms. The Bertz CT molecular complexity index is 381. The van der Waals surface area contributed by atoms with Crippen molar-refractivity contribution in [3.05, 3.63) is 6.33 Å². The Balaban J connectivity index is 1.83. The van der Waals surface area contributed by atoms with E-state index < -0.39 is 0 Å². The van der Waals surface area contributed by atoms with Gasteiger partial charge in [0.2, 0.25) is 5.91 Å². The highest BCUT2D eigenvalue weighted by Gasteiger charge is 2.25. The second-order valence-corrected chi connectivity index (χ2v) is 4.89. The summed E-state index contributed by atoms with van der Waals surface area (Å²) in [6.07, 6.45) is 5.20. The standard InChI is InChI=1S/C11H19N5O2/c1-15(6-9-4-2-3-5-10(9)17)11(18)7-16-8-12-13-14-16/h8-10,17H,2-7H2,1H3. The van der Waals surface area contributed by atoms with Crippen LogP contribution >= 0.6 is 0 Å². The Kier molecular flexibility index (Phi) is 4.24. The van der Waals surface area contributed by atoms with E-state index in [-0.39, 0.29) is 24.5 Å². The monoisotopic (exact) mass is 253 g/mol. The van der Waals surface area contributed by atoms with Gasteiger partial charge in [0.05, 0.1) is 6.10 Å². The van der Waals surface area contributed by atoms with Crippen molar-refractivity contribution in [2.45, 2.75) is 38.3 Å². The van der Waals surface area contributed by atoms with E-state index in [1.807, 2.05) is 0 Å². The molecule has 1 saturated carbocycles. The van der Waals surface area contributed by atoms with Crippen LogP contribution in [0, 0.1) is 5.92 Å². The van der Waals surface area contributed by atoms with Crippen LogP contribution in [-0.4, -0.2) is 55.8 Å². The van der Waals surface area contributed by atoms with E-state index in [4.69, 9.17) is 0 Å². The van der Waals surface area contributed by atoms with Crippen molar-refractivity contribution in [2.24, 2.45) is 5.92 Å². The number of hydrogen-bond acceptors (Lipinski definition) is 5. The summed E-state index contributed by atoms with van der Waals surface area (Å²) in [7, 11) is 1.76. The van der Waals surface area contributed by atoms with E-state index in [0.717, 1.165) is 25.7 Å². The van der Waals surface area contributed by atoms with Gasteiger partial charge in [0.1, 0.15) is 12.9 Å². The van der Waals surface area contributed by atoms with Gasteiger partial charge < -0.3 is 10.0 Å². The summed E-state index contributed by atoms with van der Waals surface area (Å²) in [6, 6.07) is 0. The van der Waals surface area contributed by atoms with Crippen molar-refractivity contribution in [1.29, 1.82) is 0 Å². The van der Waals surface area contributed by atoms with E-state index in [1.165, 1.54) is 11.0 Å². The van der Waals surface area contributed by atoms with Crippen LogP contribution in [0.25, 0.3) is 0 Å². The van der Waals surface area contributed by atoms with Crippen molar-refractivity contribution in [3.63, 3.8) is 0 Å². The van der Waals surface area contributed by atoms with E-state index in [2.05, 4.69) is 15.5 Å². The highest BCUT2D eigenvalue weighted by Crippen LogP contribution is 2.24. The summed E-state index contributed by atoms with van der Waals surface area (Å²) in [5, 5.41) is 20.5. The number of rotatable bonds is 4. The van der Waals surface area contributed by atoms with Crippen LogP contribution in [0.5, 0.6) is 0 Å². The molecule has 2 atom stereocenters. The van der Waals surface area contributed by atoms with E-state index in [9.17, 15) is 9.90 Å². The molecule has 1 aromatic rings. The van der Waals surface area contributed by atoms with Crippen molar-refractivity contribution in [1.82, 2.24) is 25.1 Å². The molecule has 0 saturated heterocycles. The van der Waals surface area contributed by atoms with Crippen molar-refractivity contribution in [3.8, 4) is 0 Å². The molecule has 0 aromatic carbocycles. The summed E-state index contributed by atoms with van der Waals surface area (Å²) in [5.74, 6) is 0.154. The van der Waals surface area contributed by atoms with Gasteiger partial charge in [-0.05, 0) is 23.3 Å². The Morgan fingerprint density at radius 2 is 2.28 bits per heavy atom. The summed E-state index contributed by atoms with van der Waals surface area (Å²) in [5.41, 5.74) is 0. The van der Waals surface area contributed by atoms with Gasteiger partial charge in [0, 0.05) is 19.5 Å². The van der Waals surface area contributed by atoms with Crippen LogP contribution in [0.15, 0.2) is 6.33 Å². The van der Waals surface area contributed by atoms with Crippen molar-refractivity contribution < 1.29 is 9.90 Å². The van der Waals surface area contributed by atoms with Gasteiger partial charge in [-0.25, -0.2) is 4.68 Å². The molecule has 2 rings (SSSR count). The van der Waals surface area contributed by atoms with Gasteiger partial charge in [-0.2, -0.15) is 0 Å². The maximum Gasteiger partial charge on any atom is 0.244 e. The average molecular weight is 253 g/mol. The summed E-state index contributed by atoms with van der Waals surface area (Å²) < 4.78 is 1.40. The predicted octanol–water partition coefficient (Wildman–Crippen LogP) is -0.317. The Morgan fingerprint density at radius 1 is 1.50 bits per heavy atom. The lowest BCUT2D eigenvalue weighted by atomic mass is 9.86. The SMILES string of the molecule is CN(CC1CCCCC1O)C(=O)Cn1cnnn1. The molecular formula is C11H19N5O2. The fraction of sp³-hybridized carbons (Fsp3) is 0.818. The summed E-state index contributed by atoms with van der Waals surface area (Å²) >= 11 is 0. The largest absolute Gasteiger partial charge is 0.393 e. The molecule has 18 heavy (non-hydrogen) atoms. The normalized spacial score (nSPS) is 23.9. The zero-order valence-electron chi connectivity index (χ0n) is 10.6. The maximum atomic E-state index is 11.9. The number of likely N-dealkylation sites (N-methyl/N-ethyl adjacent to an activating group) is 1. The van der Waals surface area contributed by atoms with E-state index in [0.29, 0.717) is 6.54 Å². The van der Waals surface area contributed by atoms with Gasteiger partial charge in [-0.1, -0.05) is 12.8 Å². The number of tetrazole rings is 1. The fourth-order valence-electron chi connectivity index (χ4n) is 2.37. The molecule has 100 valence electrons. The van der Waals surface area contributed by atoms with Crippen LogP contribution in [0.4, 0.5) is 0 Å². The molecule has 0 aliphatic heterocycles. The molecule has 0 radical (unpaired) electrons. The molecule has 1 heterocycles. The summed E-state index contributed by atoms with van der Waals surface area (Å²) in [6.45, 7) is 0.744. The van der Waals surface area contributed by atoms with Gasteiger partial charge in [0.15, 0.2) is 0 Å². The molecule has 1 aliphatic carbocycles. The third-order valence-corrected chi connectivity index (χ3v) is 3.49. The first-order chi connectivity index (χ1) is 8.66. The quantitative estimate of drug-likeness (QED) is 0.795. The number of carbonyl (C=O) groups is 1. The highest BCUT2D eigenvalue weighted by atomic mass is 16.3. The smallest absolute Gasteiger partial charge is 0.244 e. The number of amides is 1. The van der Waals surface area contributed by atoms with Crippen LogP contribution in [0.2, 0.25) is 0 Å². The number of aliphatic hydroxyl groups excluding tert-OH is 1. The lowest BCUT2D eigenvalue weighted by molar-refractivity contribution is -0.132. The van der Waals surface area contributed by atoms with Gasteiger partial charge >= 0.3 is 0 Å². The minimum Gasteiger partial charge on any atom is -0.393 e. The number of nitrogens with zero attached hydrogens (tertiary/aromatic N) is 5. The number of carbonyl (C=O) groups excluding carboxylic acids is 1. The van der Waals surface area contributed by atoms with Crippen molar-refractivity contribution in [2.75, 3.05) is 13.6 Å². The molecule has 2 unspecified atom stereocenters. The third-order valence-electron chi connectivity index (χ3n) is 3.49. The first-order valence-corrected chi connectivity index (χ1v) is 6.29. The molecule has 0 bridgehead atoms. The number of hydrogen-bond donors (Lipinski definition) is 1. The first-order valence-electron chi connectivity index (χ1n) is 6.29. The van der Waals surface area contributed by atoms with Gasteiger partial charge in [0.25, 0.3) is 0 Å². The second-order valence-electron chi connectivity index (χ2n) is 4.89. The topological polar surface area (TPSA) is 84.1 Å². The predicted molar refractivity (Wildman–Crippen MR) is 63.4 cm³/mol. The minimum atomic E-state index is -0.276. The molecule has 0 spiro atoms.